The van der Waals surface area contributed by atoms with Gasteiger partial charge < -0.3 is 14.8 Å². The largest absolute Gasteiger partial charge is 0.343 e. The number of aromatic nitrogens is 4. The Kier molecular flexibility index (Phi) is 4.89. The minimum Gasteiger partial charge on any atom is -0.343 e. The Bertz CT molecular complexity index is 689. The van der Waals surface area contributed by atoms with E-state index >= 15 is 0 Å². The van der Waals surface area contributed by atoms with Crippen molar-refractivity contribution < 1.29 is 4.79 Å². The number of rotatable bonds is 4. The molecule has 1 aliphatic rings. The minimum atomic E-state index is 0.202. The summed E-state index contributed by atoms with van der Waals surface area (Å²) in [5.41, 5.74) is 1.88. The highest BCUT2D eigenvalue weighted by molar-refractivity contribution is 5.78. The molecule has 7 nitrogen and oxygen atoms in total. The molecule has 1 N–H and O–H groups in total. The van der Waals surface area contributed by atoms with Gasteiger partial charge in [0.05, 0.1) is 6.54 Å². The molecule has 1 aliphatic heterocycles. The van der Waals surface area contributed by atoms with Crippen molar-refractivity contribution in [2.75, 3.05) is 33.7 Å². The summed E-state index contributed by atoms with van der Waals surface area (Å²) in [6.07, 6.45) is 5.39. The van der Waals surface area contributed by atoms with Crippen LogP contribution in [0.1, 0.15) is 30.3 Å². The first-order valence-electron chi connectivity index (χ1n) is 8.31. The number of aromatic amines is 1. The zero-order chi connectivity index (χ0) is 17.1. The number of nitrogens with zero attached hydrogens (tertiary/aromatic N) is 5. The van der Waals surface area contributed by atoms with Crippen LogP contribution in [-0.2, 0) is 4.79 Å². The van der Waals surface area contributed by atoms with E-state index in [4.69, 9.17) is 0 Å². The molecule has 24 heavy (non-hydrogen) atoms. The first-order valence-corrected chi connectivity index (χ1v) is 8.31. The molecular formula is C17H24N6O. The van der Waals surface area contributed by atoms with Gasteiger partial charge in [-0.15, -0.1) is 0 Å². The van der Waals surface area contributed by atoms with E-state index in [9.17, 15) is 4.79 Å². The Morgan fingerprint density at radius 3 is 2.71 bits per heavy atom. The molecule has 0 aromatic carbocycles. The van der Waals surface area contributed by atoms with Gasteiger partial charge >= 0.3 is 0 Å². The van der Waals surface area contributed by atoms with Crippen molar-refractivity contribution in [1.82, 2.24) is 29.7 Å². The molecular weight excluding hydrogens is 304 g/mol. The topological polar surface area (TPSA) is 78.0 Å². The van der Waals surface area contributed by atoms with Crippen molar-refractivity contribution in [3.05, 3.63) is 30.0 Å². The number of nitrogens with one attached hydrogen (secondary N) is 1. The number of hydrogen-bond acceptors (Lipinski definition) is 5. The molecule has 128 valence electrons. The molecule has 0 unspecified atom stereocenters. The van der Waals surface area contributed by atoms with Gasteiger partial charge in [0.2, 0.25) is 5.91 Å². The Labute approximate surface area is 142 Å². The highest BCUT2D eigenvalue weighted by atomic mass is 16.2. The van der Waals surface area contributed by atoms with Crippen molar-refractivity contribution in [3.63, 3.8) is 0 Å². The lowest BCUT2D eigenvalue weighted by Gasteiger charge is -2.32. The number of amides is 1. The number of carbonyl (C=O) groups excluding carboxylic acids is 1. The minimum absolute atomic E-state index is 0.202. The number of H-pyrrole nitrogens is 1. The summed E-state index contributed by atoms with van der Waals surface area (Å²) >= 11 is 0. The lowest BCUT2D eigenvalue weighted by molar-refractivity contribution is -0.132. The zero-order valence-electron chi connectivity index (χ0n) is 14.5. The lowest BCUT2D eigenvalue weighted by atomic mass is 9.92. The van der Waals surface area contributed by atoms with Gasteiger partial charge in [-0.25, -0.2) is 15.0 Å². The predicted molar refractivity (Wildman–Crippen MR) is 91.5 cm³/mol. The van der Waals surface area contributed by atoms with Crippen LogP contribution < -0.4 is 0 Å². The highest BCUT2D eigenvalue weighted by Gasteiger charge is 2.25. The molecule has 2 aromatic rings. The normalized spacial score (nSPS) is 15.9. The Balaban J connectivity index is 1.69. The number of likely N-dealkylation sites (N-methyl/N-ethyl adjacent to an activating group) is 1. The predicted octanol–water partition coefficient (Wildman–Crippen LogP) is 1.44. The number of likely N-dealkylation sites (tertiary alicyclic amines) is 1. The van der Waals surface area contributed by atoms with Gasteiger partial charge in [-0.1, -0.05) is 0 Å². The van der Waals surface area contributed by atoms with E-state index in [0.29, 0.717) is 12.5 Å². The van der Waals surface area contributed by atoms with Crippen molar-refractivity contribution in [1.29, 1.82) is 0 Å². The fourth-order valence-electron chi connectivity index (χ4n) is 3.12. The summed E-state index contributed by atoms with van der Waals surface area (Å²) in [6.45, 7) is 3.96. The summed E-state index contributed by atoms with van der Waals surface area (Å²) in [7, 11) is 3.84. The van der Waals surface area contributed by atoms with E-state index in [0.717, 1.165) is 49.0 Å². The van der Waals surface area contributed by atoms with E-state index in [2.05, 4.69) is 19.9 Å². The van der Waals surface area contributed by atoms with E-state index < -0.39 is 0 Å². The van der Waals surface area contributed by atoms with Gasteiger partial charge in [0, 0.05) is 37.1 Å². The molecule has 1 amide bonds. The Morgan fingerprint density at radius 1 is 1.33 bits per heavy atom. The molecule has 0 saturated carbocycles. The Hall–Kier alpha value is -2.28. The monoisotopic (exact) mass is 328 g/mol. The second-order valence-corrected chi connectivity index (χ2v) is 6.56. The van der Waals surface area contributed by atoms with Crippen LogP contribution in [0.25, 0.3) is 11.5 Å². The van der Waals surface area contributed by atoms with Crippen LogP contribution in [-0.4, -0.2) is 69.4 Å². The summed E-state index contributed by atoms with van der Waals surface area (Å²) < 4.78 is 0. The molecule has 2 aromatic heterocycles. The van der Waals surface area contributed by atoms with E-state index in [1.807, 2.05) is 36.9 Å². The fraction of sp³-hybridized carbons (Fsp3) is 0.529. The summed E-state index contributed by atoms with van der Waals surface area (Å²) in [5, 5.41) is 0. The van der Waals surface area contributed by atoms with Crippen LogP contribution in [0.15, 0.2) is 18.5 Å². The van der Waals surface area contributed by atoms with Crippen LogP contribution in [0.5, 0.6) is 0 Å². The van der Waals surface area contributed by atoms with Crippen molar-refractivity contribution in [2.45, 2.75) is 25.7 Å². The zero-order valence-corrected chi connectivity index (χ0v) is 14.5. The molecule has 3 rings (SSSR count). The molecule has 3 heterocycles. The average Bonchev–Trinajstić information content (AvgIpc) is 3.08. The summed E-state index contributed by atoms with van der Waals surface area (Å²) in [6, 6.07) is 2.02. The number of hydrogen-bond donors (Lipinski definition) is 1. The number of piperidine rings is 1. The summed E-state index contributed by atoms with van der Waals surface area (Å²) in [5.74, 6) is 2.09. The molecule has 0 spiro atoms. The number of aryl methyl sites for hydroxylation is 1. The van der Waals surface area contributed by atoms with E-state index in [1.54, 1.807) is 12.4 Å². The van der Waals surface area contributed by atoms with Gasteiger partial charge in [-0.05, 0) is 39.9 Å². The number of imidazole rings is 1. The third-order valence-corrected chi connectivity index (χ3v) is 4.32. The van der Waals surface area contributed by atoms with Crippen molar-refractivity contribution >= 4 is 5.91 Å². The summed E-state index contributed by atoms with van der Waals surface area (Å²) in [4.78, 5) is 32.5. The first kappa shape index (κ1) is 16.6. The number of carbonyl (C=O) groups is 1. The maximum atomic E-state index is 12.2. The smallest absolute Gasteiger partial charge is 0.236 e. The van der Waals surface area contributed by atoms with Crippen LogP contribution in [0.4, 0.5) is 0 Å². The molecule has 0 aliphatic carbocycles. The van der Waals surface area contributed by atoms with Gasteiger partial charge in [-0.2, -0.15) is 0 Å². The van der Waals surface area contributed by atoms with Crippen molar-refractivity contribution in [3.8, 4) is 11.5 Å². The highest BCUT2D eigenvalue weighted by Crippen LogP contribution is 2.28. The average molecular weight is 328 g/mol. The van der Waals surface area contributed by atoms with Crippen molar-refractivity contribution in [2.24, 2.45) is 0 Å². The quantitative estimate of drug-likeness (QED) is 0.919. The second kappa shape index (κ2) is 7.09. The molecule has 0 bridgehead atoms. The third kappa shape index (κ3) is 3.79. The molecule has 0 atom stereocenters. The Morgan fingerprint density at radius 2 is 2.08 bits per heavy atom. The molecule has 0 radical (unpaired) electrons. The molecule has 1 fully saturated rings. The maximum Gasteiger partial charge on any atom is 0.236 e. The SMILES string of the molecule is Cc1nc(-c2ncc[nH]2)cc(C2CCN(C(=O)CN(C)C)CC2)n1. The fourth-order valence-corrected chi connectivity index (χ4v) is 3.12. The molecule has 7 heteroatoms. The van der Waals surface area contributed by atoms with Crippen LogP contribution in [0.3, 0.4) is 0 Å². The maximum absolute atomic E-state index is 12.2. The van der Waals surface area contributed by atoms with Gasteiger partial charge in [0.25, 0.3) is 0 Å². The van der Waals surface area contributed by atoms with Crippen LogP contribution in [0.2, 0.25) is 0 Å². The van der Waals surface area contributed by atoms with Gasteiger partial charge in [-0.3, -0.25) is 4.79 Å². The van der Waals surface area contributed by atoms with Gasteiger partial charge in [0.1, 0.15) is 11.5 Å². The molecule has 1 saturated heterocycles. The second-order valence-electron chi connectivity index (χ2n) is 6.56. The van der Waals surface area contributed by atoms with E-state index in [1.165, 1.54) is 0 Å². The standard InChI is InChI=1S/C17H24N6O/c1-12-20-14(10-15(21-12)17-18-6-7-19-17)13-4-8-23(9-5-13)16(24)11-22(2)3/h6-7,10,13H,4-5,8-9,11H2,1-3H3,(H,18,19). The van der Waals surface area contributed by atoms with Crippen LogP contribution in [0, 0.1) is 6.92 Å². The third-order valence-electron chi connectivity index (χ3n) is 4.32. The van der Waals surface area contributed by atoms with Crippen LogP contribution >= 0.6 is 0 Å². The van der Waals surface area contributed by atoms with Gasteiger partial charge in [0.15, 0.2) is 5.82 Å². The lowest BCUT2D eigenvalue weighted by Crippen LogP contribution is -2.42. The van der Waals surface area contributed by atoms with E-state index in [-0.39, 0.29) is 5.91 Å². The first-order chi connectivity index (χ1) is 11.5.